The number of benzene rings is 1. The van der Waals surface area contributed by atoms with Gasteiger partial charge in [0.25, 0.3) is 0 Å². The van der Waals surface area contributed by atoms with Crippen LogP contribution in [0.4, 0.5) is 8.78 Å². The average Bonchev–Trinajstić information content (AvgIpc) is 2.95. The number of carbonyl (C=O) groups is 2. The van der Waals surface area contributed by atoms with Gasteiger partial charge in [0.05, 0.1) is 24.5 Å². The zero-order chi connectivity index (χ0) is 16.8. The van der Waals surface area contributed by atoms with Crippen LogP contribution in [0.15, 0.2) is 27.9 Å². The number of rotatable bonds is 7. The normalized spacial score (nSPS) is 10.6. The number of esters is 1. The number of ether oxygens (including phenoxy) is 1. The van der Waals surface area contributed by atoms with Crippen LogP contribution < -0.4 is 0 Å². The largest absolute Gasteiger partial charge is 0.466 e. The summed E-state index contributed by atoms with van der Waals surface area (Å²) in [5, 5.41) is 1.72. The minimum atomic E-state index is -1.05. The Morgan fingerprint density at radius 1 is 1.30 bits per heavy atom. The van der Waals surface area contributed by atoms with E-state index in [1.807, 2.05) is 0 Å². The van der Waals surface area contributed by atoms with Crippen LogP contribution in [0.5, 0.6) is 0 Å². The van der Waals surface area contributed by atoms with Crippen LogP contribution >= 0.6 is 23.1 Å². The van der Waals surface area contributed by atoms with E-state index in [2.05, 4.69) is 4.98 Å². The SMILES string of the molecule is CCOC(=O)Cc1csc(SCC(=O)c2ccc(F)c(F)c2)n1. The molecule has 0 amide bonds. The summed E-state index contributed by atoms with van der Waals surface area (Å²) in [6, 6.07) is 3.05. The van der Waals surface area contributed by atoms with Crippen molar-refractivity contribution in [3.8, 4) is 0 Å². The fourth-order valence-corrected chi connectivity index (χ4v) is 3.42. The third-order valence-electron chi connectivity index (χ3n) is 2.73. The van der Waals surface area contributed by atoms with Gasteiger partial charge in [-0.2, -0.15) is 0 Å². The molecule has 1 heterocycles. The van der Waals surface area contributed by atoms with E-state index < -0.39 is 11.6 Å². The summed E-state index contributed by atoms with van der Waals surface area (Å²) in [6.45, 7) is 2.04. The van der Waals surface area contributed by atoms with Gasteiger partial charge in [-0.1, -0.05) is 11.8 Å². The number of halogens is 2. The van der Waals surface area contributed by atoms with E-state index in [0.29, 0.717) is 16.6 Å². The second kappa shape index (κ2) is 8.16. The zero-order valence-corrected chi connectivity index (χ0v) is 13.8. The van der Waals surface area contributed by atoms with Gasteiger partial charge in [0.1, 0.15) is 0 Å². The summed E-state index contributed by atoms with van der Waals surface area (Å²) in [7, 11) is 0. The van der Waals surface area contributed by atoms with Crippen LogP contribution in [0.25, 0.3) is 0 Å². The van der Waals surface area contributed by atoms with Crippen LogP contribution in [0.3, 0.4) is 0 Å². The highest BCUT2D eigenvalue weighted by molar-refractivity contribution is 8.01. The molecule has 23 heavy (non-hydrogen) atoms. The molecule has 0 bridgehead atoms. The number of thioether (sulfide) groups is 1. The first-order valence-electron chi connectivity index (χ1n) is 6.70. The minimum absolute atomic E-state index is 0.0530. The summed E-state index contributed by atoms with van der Waals surface area (Å²) in [4.78, 5) is 27.5. The van der Waals surface area contributed by atoms with Gasteiger partial charge in [0, 0.05) is 10.9 Å². The molecule has 1 aromatic carbocycles. The Balaban J connectivity index is 1.90. The maximum absolute atomic E-state index is 13.1. The molecule has 0 radical (unpaired) electrons. The van der Waals surface area contributed by atoms with E-state index in [4.69, 9.17) is 4.74 Å². The van der Waals surface area contributed by atoms with E-state index >= 15 is 0 Å². The molecular formula is C15H13F2NO3S2. The lowest BCUT2D eigenvalue weighted by atomic mass is 10.1. The Morgan fingerprint density at radius 2 is 2.09 bits per heavy atom. The highest BCUT2D eigenvalue weighted by Gasteiger charge is 2.13. The fourth-order valence-electron chi connectivity index (χ4n) is 1.68. The Bertz CT molecular complexity index is 718. The van der Waals surface area contributed by atoms with E-state index in [1.165, 1.54) is 29.2 Å². The smallest absolute Gasteiger partial charge is 0.311 e. The number of hydrogen-bond donors (Lipinski definition) is 0. The molecule has 0 fully saturated rings. The van der Waals surface area contributed by atoms with E-state index in [-0.39, 0.29) is 29.5 Å². The molecule has 8 heteroatoms. The molecule has 0 aliphatic heterocycles. The first kappa shape index (κ1) is 17.6. The highest BCUT2D eigenvalue weighted by atomic mass is 32.2. The Hall–Kier alpha value is -1.80. The molecule has 1 aromatic heterocycles. The second-order valence-electron chi connectivity index (χ2n) is 4.43. The van der Waals surface area contributed by atoms with Crippen LogP contribution in [0.2, 0.25) is 0 Å². The molecule has 2 aromatic rings. The topological polar surface area (TPSA) is 56.3 Å². The number of thiazole rings is 1. The fraction of sp³-hybridized carbons (Fsp3) is 0.267. The Labute approximate surface area is 139 Å². The summed E-state index contributed by atoms with van der Waals surface area (Å²) in [5.41, 5.74) is 0.691. The first-order valence-corrected chi connectivity index (χ1v) is 8.57. The van der Waals surface area contributed by atoms with Gasteiger partial charge in [-0.05, 0) is 25.1 Å². The van der Waals surface area contributed by atoms with Crippen molar-refractivity contribution in [2.24, 2.45) is 0 Å². The predicted molar refractivity (Wildman–Crippen MR) is 83.9 cm³/mol. The van der Waals surface area contributed by atoms with E-state index in [0.717, 1.165) is 12.1 Å². The lowest BCUT2D eigenvalue weighted by Crippen LogP contribution is -2.07. The van der Waals surface area contributed by atoms with Crippen molar-refractivity contribution in [3.63, 3.8) is 0 Å². The zero-order valence-electron chi connectivity index (χ0n) is 12.2. The Kier molecular flexibility index (Phi) is 6.23. The number of carbonyl (C=O) groups excluding carboxylic acids is 2. The maximum Gasteiger partial charge on any atom is 0.311 e. The number of Topliss-reactive ketones (excluding diaryl/α,β-unsaturated/α-hetero) is 1. The Morgan fingerprint density at radius 3 is 2.78 bits per heavy atom. The summed E-state index contributed by atoms with van der Waals surface area (Å²) < 4.78 is 31.4. The van der Waals surface area contributed by atoms with Crippen molar-refractivity contribution < 1.29 is 23.1 Å². The monoisotopic (exact) mass is 357 g/mol. The number of nitrogens with zero attached hydrogens (tertiary/aromatic N) is 1. The van der Waals surface area contributed by atoms with Crippen LogP contribution in [-0.2, 0) is 16.0 Å². The van der Waals surface area contributed by atoms with E-state index in [9.17, 15) is 18.4 Å². The molecule has 0 atom stereocenters. The molecular weight excluding hydrogens is 344 g/mol. The maximum atomic E-state index is 13.1. The molecule has 0 N–H and O–H groups in total. The third kappa shape index (κ3) is 5.11. The molecule has 2 rings (SSSR count). The average molecular weight is 357 g/mol. The lowest BCUT2D eigenvalue weighted by Gasteiger charge is -2.00. The first-order chi connectivity index (χ1) is 11.0. The quantitative estimate of drug-likeness (QED) is 0.431. The standard InChI is InChI=1S/C15H13F2NO3S2/c1-2-21-14(20)6-10-7-22-15(18-10)23-8-13(19)9-3-4-11(16)12(17)5-9/h3-5,7H,2,6,8H2,1H3. The van der Waals surface area contributed by atoms with Crippen LogP contribution in [0.1, 0.15) is 23.0 Å². The molecule has 0 spiro atoms. The lowest BCUT2D eigenvalue weighted by molar-refractivity contribution is -0.142. The van der Waals surface area contributed by atoms with Gasteiger partial charge in [-0.25, -0.2) is 13.8 Å². The summed E-state index contributed by atoms with van der Waals surface area (Å²) in [5.74, 6) is -2.66. The van der Waals surface area contributed by atoms with Gasteiger partial charge >= 0.3 is 5.97 Å². The molecule has 4 nitrogen and oxygen atoms in total. The molecule has 122 valence electrons. The van der Waals surface area contributed by atoms with Crippen molar-refractivity contribution >= 4 is 34.9 Å². The minimum Gasteiger partial charge on any atom is -0.466 e. The van der Waals surface area contributed by atoms with Crippen LogP contribution in [0, 0.1) is 11.6 Å². The molecule has 0 saturated carbocycles. The van der Waals surface area contributed by atoms with Crippen LogP contribution in [-0.4, -0.2) is 29.1 Å². The van der Waals surface area contributed by atoms with Gasteiger partial charge in [0.15, 0.2) is 21.8 Å². The van der Waals surface area contributed by atoms with Gasteiger partial charge < -0.3 is 4.74 Å². The number of ketones is 1. The third-order valence-corrected chi connectivity index (χ3v) is 4.80. The van der Waals surface area contributed by atoms with Crippen molar-refractivity contribution in [3.05, 3.63) is 46.5 Å². The second-order valence-corrected chi connectivity index (χ2v) is 6.51. The molecule has 0 aliphatic rings. The predicted octanol–water partition coefficient (Wildman–Crippen LogP) is 3.50. The van der Waals surface area contributed by atoms with Gasteiger partial charge in [-0.15, -0.1) is 11.3 Å². The van der Waals surface area contributed by atoms with Crippen molar-refractivity contribution in [2.75, 3.05) is 12.4 Å². The van der Waals surface area contributed by atoms with Crippen molar-refractivity contribution in [1.82, 2.24) is 4.98 Å². The highest BCUT2D eigenvalue weighted by Crippen LogP contribution is 2.24. The van der Waals surface area contributed by atoms with Crippen molar-refractivity contribution in [1.29, 1.82) is 0 Å². The number of hydrogen-bond acceptors (Lipinski definition) is 6. The number of aromatic nitrogens is 1. The van der Waals surface area contributed by atoms with E-state index in [1.54, 1.807) is 12.3 Å². The molecule has 0 saturated heterocycles. The summed E-state index contributed by atoms with van der Waals surface area (Å²) in [6.07, 6.45) is 0.0853. The van der Waals surface area contributed by atoms with Gasteiger partial charge in [-0.3, -0.25) is 9.59 Å². The van der Waals surface area contributed by atoms with Crippen molar-refractivity contribution in [2.45, 2.75) is 17.7 Å². The summed E-state index contributed by atoms with van der Waals surface area (Å²) >= 11 is 2.49. The molecule has 0 aliphatic carbocycles. The van der Waals surface area contributed by atoms with Gasteiger partial charge in [0.2, 0.25) is 0 Å². The molecule has 0 unspecified atom stereocenters.